The van der Waals surface area contributed by atoms with Gasteiger partial charge in [-0.3, -0.25) is 4.21 Å². The van der Waals surface area contributed by atoms with Gasteiger partial charge in [0, 0.05) is 28.9 Å². The van der Waals surface area contributed by atoms with Gasteiger partial charge in [-0.15, -0.1) is 6.58 Å². The van der Waals surface area contributed by atoms with Crippen molar-refractivity contribution < 1.29 is 4.21 Å². The lowest BCUT2D eigenvalue weighted by Crippen LogP contribution is -2.21. The Morgan fingerprint density at radius 3 is 2.82 bits per heavy atom. The van der Waals surface area contributed by atoms with Crippen molar-refractivity contribution in [3.8, 4) is 0 Å². The highest BCUT2D eigenvalue weighted by atomic mass is 32.2. The summed E-state index contributed by atoms with van der Waals surface area (Å²) in [5, 5.41) is 3.47. The van der Waals surface area contributed by atoms with Gasteiger partial charge in [0.05, 0.1) is 0 Å². The third-order valence-corrected chi connectivity index (χ3v) is 2.95. The average Bonchev–Trinajstić information content (AvgIpc) is 1.97. The molecular formula is C8H17NOS. The molecule has 0 bridgehead atoms. The highest BCUT2D eigenvalue weighted by molar-refractivity contribution is 7.84. The lowest BCUT2D eigenvalue weighted by atomic mass is 10.3. The normalized spacial score (nSPS) is 15.8. The minimum atomic E-state index is -0.682. The first-order valence-corrected chi connectivity index (χ1v) is 5.44. The second-order valence-corrected chi connectivity index (χ2v) is 4.39. The average molecular weight is 175 g/mol. The van der Waals surface area contributed by atoms with E-state index in [1.54, 1.807) is 6.26 Å². The Hall–Kier alpha value is -0.150. The fourth-order valence-corrected chi connectivity index (χ4v) is 1.13. The van der Waals surface area contributed by atoms with E-state index in [4.69, 9.17) is 0 Å². The number of rotatable bonds is 6. The standard InChI is InChI=1S/C8H17NOS/c1-4-6-9-7-5-8(2)11(3)10/h4,8-9H,1,5-7H2,2-3H3. The monoisotopic (exact) mass is 175 g/mol. The largest absolute Gasteiger partial charge is 0.313 e. The van der Waals surface area contributed by atoms with E-state index in [-0.39, 0.29) is 0 Å². The minimum Gasteiger partial charge on any atom is -0.313 e. The minimum absolute atomic E-state index is 0.298. The lowest BCUT2D eigenvalue weighted by Gasteiger charge is -2.07. The SMILES string of the molecule is C=CCNCCC(C)S(C)=O. The highest BCUT2D eigenvalue weighted by Gasteiger charge is 2.03. The first-order valence-electron chi connectivity index (χ1n) is 3.82. The van der Waals surface area contributed by atoms with Gasteiger partial charge in [0.15, 0.2) is 0 Å². The predicted octanol–water partition coefficient (Wildman–Crippen LogP) is 0.919. The summed E-state index contributed by atoms with van der Waals surface area (Å²) in [7, 11) is -0.682. The molecule has 0 rings (SSSR count). The first kappa shape index (κ1) is 10.8. The Labute approximate surface area is 71.5 Å². The van der Waals surface area contributed by atoms with Crippen LogP contribution in [0.25, 0.3) is 0 Å². The molecule has 0 saturated heterocycles. The van der Waals surface area contributed by atoms with Gasteiger partial charge in [-0.05, 0) is 13.0 Å². The van der Waals surface area contributed by atoms with Crippen LogP contribution in [0.3, 0.4) is 0 Å². The molecule has 0 fully saturated rings. The van der Waals surface area contributed by atoms with Crippen molar-refractivity contribution in [2.24, 2.45) is 0 Å². The first-order chi connectivity index (χ1) is 5.18. The van der Waals surface area contributed by atoms with Gasteiger partial charge in [0.2, 0.25) is 0 Å². The van der Waals surface area contributed by atoms with Crippen LogP contribution in [0.1, 0.15) is 13.3 Å². The van der Waals surface area contributed by atoms with Crippen LogP contribution < -0.4 is 5.32 Å². The molecule has 11 heavy (non-hydrogen) atoms. The summed E-state index contributed by atoms with van der Waals surface area (Å²) in [6.45, 7) is 7.36. The molecule has 2 nitrogen and oxygen atoms in total. The summed E-state index contributed by atoms with van der Waals surface area (Å²) in [5.41, 5.74) is 0. The third kappa shape index (κ3) is 6.26. The molecule has 0 amide bonds. The molecule has 66 valence electrons. The van der Waals surface area contributed by atoms with Crippen LogP contribution in [0.15, 0.2) is 12.7 Å². The Kier molecular flexibility index (Phi) is 6.46. The zero-order valence-electron chi connectivity index (χ0n) is 7.30. The molecule has 2 atom stereocenters. The smallest absolute Gasteiger partial charge is 0.0329 e. The van der Waals surface area contributed by atoms with Gasteiger partial charge >= 0.3 is 0 Å². The molecule has 0 aliphatic heterocycles. The van der Waals surface area contributed by atoms with E-state index in [0.29, 0.717) is 5.25 Å². The fourth-order valence-electron chi connectivity index (χ4n) is 0.675. The summed E-state index contributed by atoms with van der Waals surface area (Å²) in [5.74, 6) is 0. The molecular weight excluding hydrogens is 158 g/mol. The van der Waals surface area contributed by atoms with E-state index in [0.717, 1.165) is 19.5 Å². The quantitative estimate of drug-likeness (QED) is 0.480. The third-order valence-electron chi connectivity index (χ3n) is 1.58. The summed E-state index contributed by atoms with van der Waals surface area (Å²) >= 11 is 0. The maximum absolute atomic E-state index is 10.9. The zero-order chi connectivity index (χ0) is 8.69. The van der Waals surface area contributed by atoms with Crippen LogP contribution in [0.2, 0.25) is 0 Å². The molecule has 1 N–H and O–H groups in total. The van der Waals surface area contributed by atoms with Crippen LogP contribution in [0.5, 0.6) is 0 Å². The lowest BCUT2D eigenvalue weighted by molar-refractivity contribution is 0.650. The summed E-state index contributed by atoms with van der Waals surface area (Å²) in [4.78, 5) is 0. The molecule has 0 spiro atoms. The topological polar surface area (TPSA) is 29.1 Å². The summed E-state index contributed by atoms with van der Waals surface area (Å²) in [6, 6.07) is 0. The molecule has 0 aromatic carbocycles. The van der Waals surface area contributed by atoms with E-state index in [2.05, 4.69) is 11.9 Å². The molecule has 0 aromatic heterocycles. The van der Waals surface area contributed by atoms with E-state index in [1.165, 1.54) is 0 Å². The number of hydrogen-bond acceptors (Lipinski definition) is 2. The zero-order valence-corrected chi connectivity index (χ0v) is 8.12. The van der Waals surface area contributed by atoms with Crippen LogP contribution in [-0.4, -0.2) is 28.8 Å². The maximum Gasteiger partial charge on any atom is 0.0329 e. The van der Waals surface area contributed by atoms with Crippen molar-refractivity contribution in [3.63, 3.8) is 0 Å². The summed E-state index contributed by atoms with van der Waals surface area (Å²) in [6.07, 6.45) is 4.54. The predicted molar refractivity (Wildman–Crippen MR) is 51.2 cm³/mol. The van der Waals surface area contributed by atoms with Gasteiger partial charge in [-0.2, -0.15) is 0 Å². The van der Waals surface area contributed by atoms with Gasteiger partial charge in [0.1, 0.15) is 0 Å². The second-order valence-electron chi connectivity index (χ2n) is 2.59. The van der Waals surface area contributed by atoms with Crippen molar-refractivity contribution in [1.82, 2.24) is 5.32 Å². The van der Waals surface area contributed by atoms with E-state index in [1.807, 2.05) is 13.0 Å². The Balaban J connectivity index is 3.24. The van der Waals surface area contributed by atoms with Crippen molar-refractivity contribution in [2.45, 2.75) is 18.6 Å². The molecule has 0 saturated carbocycles. The van der Waals surface area contributed by atoms with Crippen molar-refractivity contribution in [1.29, 1.82) is 0 Å². The van der Waals surface area contributed by atoms with Crippen LogP contribution in [-0.2, 0) is 10.8 Å². The Bertz CT molecular complexity index is 136. The maximum atomic E-state index is 10.9. The van der Waals surface area contributed by atoms with Gasteiger partial charge in [-0.1, -0.05) is 13.0 Å². The van der Waals surface area contributed by atoms with Gasteiger partial charge in [-0.25, -0.2) is 0 Å². The fraction of sp³-hybridized carbons (Fsp3) is 0.750. The molecule has 2 unspecified atom stereocenters. The molecule has 0 aromatic rings. The van der Waals surface area contributed by atoms with Gasteiger partial charge < -0.3 is 5.32 Å². The highest BCUT2D eigenvalue weighted by Crippen LogP contribution is 1.96. The van der Waals surface area contributed by atoms with Gasteiger partial charge in [0.25, 0.3) is 0 Å². The molecule has 0 radical (unpaired) electrons. The molecule has 0 aliphatic carbocycles. The number of nitrogens with one attached hydrogen (secondary N) is 1. The van der Waals surface area contributed by atoms with Crippen LogP contribution in [0.4, 0.5) is 0 Å². The Morgan fingerprint density at radius 2 is 2.36 bits per heavy atom. The second kappa shape index (κ2) is 6.55. The van der Waals surface area contributed by atoms with Crippen molar-refractivity contribution in [2.75, 3.05) is 19.3 Å². The van der Waals surface area contributed by atoms with E-state index in [9.17, 15) is 4.21 Å². The molecule has 0 heterocycles. The van der Waals surface area contributed by atoms with E-state index >= 15 is 0 Å². The number of hydrogen-bond donors (Lipinski definition) is 1. The van der Waals surface area contributed by atoms with Crippen molar-refractivity contribution >= 4 is 10.8 Å². The van der Waals surface area contributed by atoms with Crippen molar-refractivity contribution in [3.05, 3.63) is 12.7 Å². The molecule has 0 aliphatic rings. The van der Waals surface area contributed by atoms with Crippen LogP contribution in [0, 0.1) is 0 Å². The summed E-state index contributed by atoms with van der Waals surface area (Å²) < 4.78 is 10.9. The van der Waals surface area contributed by atoms with E-state index < -0.39 is 10.8 Å². The van der Waals surface area contributed by atoms with Crippen LogP contribution >= 0.6 is 0 Å². The molecule has 3 heteroatoms. The Morgan fingerprint density at radius 1 is 1.73 bits per heavy atom.